The van der Waals surface area contributed by atoms with E-state index in [2.05, 4.69) is 10.2 Å². The van der Waals surface area contributed by atoms with Gasteiger partial charge in [-0.2, -0.15) is 0 Å². The average Bonchev–Trinajstić information content (AvgIpc) is 2.91. The van der Waals surface area contributed by atoms with Crippen LogP contribution in [-0.2, 0) is 17.8 Å². The van der Waals surface area contributed by atoms with Crippen LogP contribution in [0.4, 0.5) is 5.95 Å². The van der Waals surface area contributed by atoms with Crippen LogP contribution in [-0.4, -0.2) is 31.6 Å². The van der Waals surface area contributed by atoms with E-state index in [0.717, 1.165) is 27.4 Å². The van der Waals surface area contributed by atoms with Crippen LogP contribution in [0, 0.1) is 0 Å². The zero-order valence-electron chi connectivity index (χ0n) is 9.74. The first-order valence-electron chi connectivity index (χ1n) is 5.33. The van der Waals surface area contributed by atoms with Gasteiger partial charge in [-0.15, -0.1) is 21.5 Å². The van der Waals surface area contributed by atoms with Crippen LogP contribution >= 0.6 is 34.7 Å². The highest BCUT2D eigenvalue weighted by Gasteiger charge is 2.12. The molecule has 2 aromatic rings. The second-order valence-electron chi connectivity index (χ2n) is 3.63. The number of halogens is 1. The molecule has 6 nitrogen and oxygen atoms in total. The Bertz CT molecular complexity index is 584. The number of carboxylic acid groups (broad SMARTS) is 1. The fraction of sp³-hybridized carbons (Fsp3) is 0.300. The molecule has 102 valence electrons. The SMILES string of the molecule is Nc1nnc(SCC(=O)O)n1CCc1ccc(Cl)s1. The normalized spacial score (nSPS) is 10.8. The minimum atomic E-state index is -0.900. The molecule has 0 unspecified atom stereocenters. The summed E-state index contributed by atoms with van der Waals surface area (Å²) in [7, 11) is 0. The van der Waals surface area contributed by atoms with Gasteiger partial charge in [-0.3, -0.25) is 9.36 Å². The number of anilines is 1. The van der Waals surface area contributed by atoms with Gasteiger partial charge in [-0.25, -0.2) is 0 Å². The first kappa shape index (κ1) is 14.2. The van der Waals surface area contributed by atoms with Gasteiger partial charge in [0.25, 0.3) is 0 Å². The summed E-state index contributed by atoms with van der Waals surface area (Å²) >= 11 is 8.47. The number of hydrogen-bond donors (Lipinski definition) is 2. The Morgan fingerprint density at radius 3 is 2.95 bits per heavy atom. The number of nitrogens with two attached hydrogens (primary N) is 1. The van der Waals surface area contributed by atoms with Crippen LogP contribution in [0.15, 0.2) is 17.3 Å². The maximum atomic E-state index is 10.6. The van der Waals surface area contributed by atoms with E-state index in [0.29, 0.717) is 11.7 Å². The van der Waals surface area contributed by atoms with Crippen molar-refractivity contribution in [3.05, 3.63) is 21.3 Å². The fourth-order valence-corrected chi connectivity index (χ4v) is 3.22. The molecule has 0 aromatic carbocycles. The molecule has 19 heavy (non-hydrogen) atoms. The minimum absolute atomic E-state index is 0.0665. The molecule has 0 radical (unpaired) electrons. The number of carboxylic acids is 1. The Morgan fingerprint density at radius 1 is 1.53 bits per heavy atom. The summed E-state index contributed by atoms with van der Waals surface area (Å²) in [6.07, 6.45) is 0.750. The lowest BCUT2D eigenvalue weighted by Crippen LogP contribution is -2.08. The molecule has 0 saturated carbocycles. The number of rotatable bonds is 6. The average molecular weight is 319 g/mol. The molecule has 0 aliphatic carbocycles. The monoisotopic (exact) mass is 318 g/mol. The number of thiophene rings is 1. The van der Waals surface area contributed by atoms with Gasteiger partial charge < -0.3 is 10.8 Å². The van der Waals surface area contributed by atoms with Crippen molar-refractivity contribution < 1.29 is 9.90 Å². The lowest BCUT2D eigenvalue weighted by atomic mass is 10.3. The van der Waals surface area contributed by atoms with Crippen molar-refractivity contribution in [1.29, 1.82) is 0 Å². The predicted octanol–water partition coefficient (Wildman–Crippen LogP) is 1.99. The maximum Gasteiger partial charge on any atom is 0.313 e. The van der Waals surface area contributed by atoms with Gasteiger partial charge in [-0.05, 0) is 18.6 Å². The van der Waals surface area contributed by atoms with Crippen LogP contribution in [0.2, 0.25) is 4.34 Å². The number of aliphatic carboxylic acids is 1. The van der Waals surface area contributed by atoms with E-state index < -0.39 is 5.97 Å². The Balaban J connectivity index is 2.02. The molecule has 0 saturated heterocycles. The van der Waals surface area contributed by atoms with Gasteiger partial charge in [0, 0.05) is 11.4 Å². The van der Waals surface area contributed by atoms with Crippen molar-refractivity contribution in [3.8, 4) is 0 Å². The van der Waals surface area contributed by atoms with E-state index in [-0.39, 0.29) is 11.7 Å². The fourth-order valence-electron chi connectivity index (χ4n) is 1.45. The summed E-state index contributed by atoms with van der Waals surface area (Å²) in [5.74, 6) is -0.679. The smallest absolute Gasteiger partial charge is 0.313 e. The Labute approximate surface area is 122 Å². The van der Waals surface area contributed by atoms with Crippen LogP contribution < -0.4 is 5.73 Å². The van der Waals surface area contributed by atoms with E-state index in [9.17, 15) is 4.79 Å². The van der Waals surface area contributed by atoms with Gasteiger partial charge in [0.1, 0.15) is 0 Å². The molecule has 3 N–H and O–H groups in total. The van der Waals surface area contributed by atoms with Gasteiger partial charge >= 0.3 is 5.97 Å². The molecule has 0 bridgehead atoms. The first-order valence-corrected chi connectivity index (χ1v) is 7.51. The van der Waals surface area contributed by atoms with Crippen molar-refractivity contribution in [2.24, 2.45) is 0 Å². The van der Waals surface area contributed by atoms with Crippen molar-refractivity contribution in [3.63, 3.8) is 0 Å². The number of aromatic nitrogens is 3. The number of nitrogens with zero attached hydrogens (tertiary/aromatic N) is 3. The van der Waals surface area contributed by atoms with Crippen molar-refractivity contribution in [2.45, 2.75) is 18.1 Å². The molecule has 0 fully saturated rings. The molecule has 2 aromatic heterocycles. The Morgan fingerprint density at radius 2 is 2.32 bits per heavy atom. The van der Waals surface area contributed by atoms with Crippen LogP contribution in [0.5, 0.6) is 0 Å². The summed E-state index contributed by atoms with van der Waals surface area (Å²) < 4.78 is 2.45. The second-order valence-corrected chi connectivity index (χ2v) is 6.37. The molecule has 9 heteroatoms. The van der Waals surface area contributed by atoms with Crippen LogP contribution in [0.25, 0.3) is 0 Å². The Kier molecular flexibility index (Phi) is 4.67. The largest absolute Gasteiger partial charge is 0.481 e. The number of nitrogen functional groups attached to an aromatic ring is 1. The predicted molar refractivity (Wildman–Crippen MR) is 75.8 cm³/mol. The summed E-state index contributed by atoms with van der Waals surface area (Å²) in [4.78, 5) is 11.7. The van der Waals surface area contributed by atoms with E-state index in [1.807, 2.05) is 12.1 Å². The third kappa shape index (κ3) is 3.85. The molecule has 0 atom stereocenters. The number of hydrogen-bond acceptors (Lipinski definition) is 6. The molecule has 0 spiro atoms. The molecule has 2 rings (SSSR count). The minimum Gasteiger partial charge on any atom is -0.481 e. The van der Waals surface area contributed by atoms with Crippen molar-refractivity contribution >= 4 is 46.6 Å². The van der Waals surface area contributed by atoms with E-state index >= 15 is 0 Å². The zero-order valence-corrected chi connectivity index (χ0v) is 12.1. The van der Waals surface area contributed by atoms with Gasteiger partial charge in [-0.1, -0.05) is 23.4 Å². The number of aryl methyl sites for hydroxylation is 1. The zero-order chi connectivity index (χ0) is 13.8. The quantitative estimate of drug-likeness (QED) is 0.791. The van der Waals surface area contributed by atoms with Crippen LogP contribution in [0.1, 0.15) is 4.88 Å². The number of carbonyl (C=O) groups is 1. The van der Waals surface area contributed by atoms with Crippen molar-refractivity contribution in [1.82, 2.24) is 14.8 Å². The Hall–Kier alpha value is -1.25. The third-order valence-corrected chi connectivity index (χ3v) is 4.52. The van der Waals surface area contributed by atoms with Gasteiger partial charge in [0.05, 0.1) is 10.1 Å². The van der Waals surface area contributed by atoms with E-state index in [1.165, 1.54) is 11.3 Å². The molecular formula is C10H11ClN4O2S2. The highest BCUT2D eigenvalue weighted by molar-refractivity contribution is 7.99. The molecule has 0 aliphatic heterocycles. The summed E-state index contributed by atoms with van der Waals surface area (Å²) in [5, 5.41) is 16.8. The number of thioether (sulfide) groups is 1. The topological polar surface area (TPSA) is 94.0 Å². The van der Waals surface area contributed by atoms with Gasteiger partial charge in [0.15, 0.2) is 5.16 Å². The van der Waals surface area contributed by atoms with Crippen LogP contribution in [0.3, 0.4) is 0 Å². The van der Waals surface area contributed by atoms with E-state index in [1.54, 1.807) is 4.57 Å². The molecular weight excluding hydrogens is 308 g/mol. The third-order valence-electron chi connectivity index (χ3n) is 2.28. The highest BCUT2D eigenvalue weighted by atomic mass is 35.5. The van der Waals surface area contributed by atoms with Crippen molar-refractivity contribution in [2.75, 3.05) is 11.5 Å². The summed E-state index contributed by atoms with van der Waals surface area (Å²) in [5.41, 5.74) is 5.72. The second kappa shape index (κ2) is 6.27. The summed E-state index contributed by atoms with van der Waals surface area (Å²) in [6.45, 7) is 0.595. The lowest BCUT2D eigenvalue weighted by molar-refractivity contribution is -0.133. The summed E-state index contributed by atoms with van der Waals surface area (Å²) in [6, 6.07) is 3.80. The molecule has 2 heterocycles. The highest BCUT2D eigenvalue weighted by Crippen LogP contribution is 2.23. The standard InChI is InChI=1S/C10H11ClN4O2S2/c11-7-2-1-6(19-7)3-4-15-9(12)13-14-10(15)18-5-8(16)17/h1-2H,3-5H2,(H2,12,13)(H,16,17). The van der Waals surface area contributed by atoms with Gasteiger partial charge in [0.2, 0.25) is 5.95 Å². The molecule has 0 aliphatic rings. The molecule has 0 amide bonds. The lowest BCUT2D eigenvalue weighted by Gasteiger charge is -2.05. The maximum absolute atomic E-state index is 10.6. The first-order chi connectivity index (χ1) is 9.06. The van der Waals surface area contributed by atoms with E-state index in [4.69, 9.17) is 22.4 Å².